The minimum absolute atomic E-state index is 0.0647. The molecule has 0 fully saturated rings. The summed E-state index contributed by atoms with van der Waals surface area (Å²) >= 11 is 1.32. The average molecular weight is 423 g/mol. The van der Waals surface area contributed by atoms with Crippen molar-refractivity contribution < 1.29 is 9.18 Å². The van der Waals surface area contributed by atoms with Crippen molar-refractivity contribution in [2.45, 2.75) is 30.5 Å². The third kappa shape index (κ3) is 4.79. The minimum atomic E-state index is -0.267. The number of rotatable bonds is 6. The maximum absolute atomic E-state index is 13.0. The van der Waals surface area contributed by atoms with Gasteiger partial charge in [-0.1, -0.05) is 54.2 Å². The molecule has 4 rings (SSSR count). The molecule has 1 heterocycles. The van der Waals surface area contributed by atoms with Gasteiger partial charge in [-0.25, -0.2) is 9.37 Å². The summed E-state index contributed by atoms with van der Waals surface area (Å²) < 4.78 is 13.0. The summed E-state index contributed by atoms with van der Waals surface area (Å²) in [4.78, 5) is 19.0. The van der Waals surface area contributed by atoms with E-state index in [2.05, 4.69) is 33.4 Å². The normalized spacial score (nSPS) is 15.9. The van der Waals surface area contributed by atoms with Crippen LogP contribution in [-0.2, 0) is 11.2 Å². The van der Waals surface area contributed by atoms with Crippen LogP contribution >= 0.6 is 11.8 Å². The second-order valence-electron chi connectivity index (χ2n) is 7.29. The van der Waals surface area contributed by atoms with Crippen molar-refractivity contribution in [3.8, 4) is 0 Å². The maximum Gasteiger partial charge on any atom is 0.233 e. The molecule has 1 aliphatic carbocycles. The summed E-state index contributed by atoms with van der Waals surface area (Å²) in [6, 6.07) is 14.7. The molecule has 154 valence electrons. The largest absolute Gasteiger partial charge is 0.338 e. The zero-order valence-electron chi connectivity index (χ0n) is 16.7. The number of carbonyl (C=O) groups excluding carboxylic acids is 1. The van der Waals surface area contributed by atoms with Crippen LogP contribution in [0.5, 0.6) is 0 Å². The number of benzene rings is 2. The highest BCUT2D eigenvalue weighted by Crippen LogP contribution is 2.33. The fourth-order valence-corrected chi connectivity index (χ4v) is 4.41. The summed E-state index contributed by atoms with van der Waals surface area (Å²) in [6.45, 7) is 0. The van der Waals surface area contributed by atoms with Gasteiger partial charge in [0.05, 0.1) is 11.8 Å². The third-order valence-electron chi connectivity index (χ3n) is 5.31. The van der Waals surface area contributed by atoms with E-state index in [4.69, 9.17) is 0 Å². The first-order valence-corrected chi connectivity index (χ1v) is 10.9. The smallest absolute Gasteiger partial charge is 0.233 e. The molecule has 0 saturated carbocycles. The number of carbonyl (C=O) groups is 1. The highest BCUT2D eigenvalue weighted by molar-refractivity contribution is 7.99. The van der Waals surface area contributed by atoms with Crippen LogP contribution < -0.4 is 0 Å². The number of fused-ring (bicyclic) bond motifs is 1. The van der Waals surface area contributed by atoms with Crippen molar-refractivity contribution in [3.05, 3.63) is 76.9 Å². The van der Waals surface area contributed by atoms with Crippen molar-refractivity contribution in [2.75, 3.05) is 12.8 Å². The lowest BCUT2D eigenvalue weighted by Gasteiger charge is -2.33. The van der Waals surface area contributed by atoms with Gasteiger partial charge < -0.3 is 4.90 Å². The Morgan fingerprint density at radius 3 is 2.87 bits per heavy atom. The van der Waals surface area contributed by atoms with E-state index in [1.807, 2.05) is 24.1 Å². The van der Waals surface area contributed by atoms with Crippen LogP contribution in [0.3, 0.4) is 0 Å². The second-order valence-corrected chi connectivity index (χ2v) is 8.23. The number of aromatic nitrogens is 3. The van der Waals surface area contributed by atoms with Crippen molar-refractivity contribution in [3.63, 3.8) is 0 Å². The standard InChI is InChI=1S/C23H23FN4OS/c1-28(20-8-4-6-17-5-2-3-7-19(17)20)22(29)15-30-23-25-21(26-27-23)14-11-16-9-12-18(24)13-10-16/h2-3,5,7,9-14,20H,4,6,8,15H2,1H3,(H,25,26,27)/b14-11+. The number of nitrogens with one attached hydrogen (secondary N) is 1. The van der Waals surface area contributed by atoms with Crippen molar-refractivity contribution >= 4 is 29.8 Å². The number of H-pyrrole nitrogens is 1. The Bertz CT molecular complexity index is 1050. The van der Waals surface area contributed by atoms with Crippen molar-refractivity contribution in [1.82, 2.24) is 20.1 Å². The number of hydrogen-bond donors (Lipinski definition) is 1. The van der Waals surface area contributed by atoms with Gasteiger partial charge in [-0.15, -0.1) is 5.10 Å². The van der Waals surface area contributed by atoms with Crippen LogP contribution in [0.25, 0.3) is 12.2 Å². The molecule has 3 aromatic rings. The zero-order chi connectivity index (χ0) is 20.9. The molecule has 1 N–H and O–H groups in total. The first-order chi connectivity index (χ1) is 14.6. The monoisotopic (exact) mass is 422 g/mol. The van der Waals surface area contributed by atoms with Gasteiger partial charge in [-0.3, -0.25) is 9.89 Å². The molecular formula is C23H23FN4OS. The number of thioether (sulfide) groups is 1. The molecule has 7 heteroatoms. The molecular weight excluding hydrogens is 399 g/mol. The van der Waals surface area contributed by atoms with E-state index in [9.17, 15) is 9.18 Å². The number of amides is 1. The number of halogens is 1. The molecule has 0 saturated heterocycles. The predicted octanol–water partition coefficient (Wildman–Crippen LogP) is 4.74. The molecule has 30 heavy (non-hydrogen) atoms. The summed E-state index contributed by atoms with van der Waals surface area (Å²) in [5.41, 5.74) is 3.47. The van der Waals surface area contributed by atoms with Crippen molar-refractivity contribution in [2.24, 2.45) is 0 Å². The van der Waals surface area contributed by atoms with Gasteiger partial charge in [-0.05, 0) is 54.2 Å². The Labute approximate surface area is 179 Å². The topological polar surface area (TPSA) is 61.9 Å². The quantitative estimate of drug-likeness (QED) is 0.583. The Kier molecular flexibility index (Phi) is 6.28. The number of hydrogen-bond acceptors (Lipinski definition) is 4. The molecule has 5 nitrogen and oxygen atoms in total. The van der Waals surface area contributed by atoms with Crippen LogP contribution in [0.2, 0.25) is 0 Å². The zero-order valence-corrected chi connectivity index (χ0v) is 17.5. The summed E-state index contributed by atoms with van der Waals surface area (Å²) in [7, 11) is 1.88. The van der Waals surface area contributed by atoms with E-state index in [1.165, 1.54) is 35.0 Å². The Balaban J connectivity index is 1.34. The lowest BCUT2D eigenvalue weighted by Crippen LogP contribution is -2.34. The first kappa shape index (κ1) is 20.3. The third-order valence-corrected chi connectivity index (χ3v) is 6.14. The molecule has 1 unspecified atom stereocenters. The Morgan fingerprint density at radius 2 is 2.03 bits per heavy atom. The van der Waals surface area contributed by atoms with Crippen LogP contribution in [0, 0.1) is 5.82 Å². The Morgan fingerprint density at radius 1 is 1.23 bits per heavy atom. The van der Waals surface area contributed by atoms with E-state index in [0.29, 0.717) is 11.0 Å². The van der Waals surface area contributed by atoms with E-state index < -0.39 is 0 Å². The molecule has 0 spiro atoms. The fraction of sp³-hybridized carbons (Fsp3) is 0.261. The summed E-state index contributed by atoms with van der Waals surface area (Å²) in [5, 5.41) is 7.54. The van der Waals surface area contributed by atoms with Crippen LogP contribution in [0.4, 0.5) is 4.39 Å². The molecule has 0 radical (unpaired) electrons. The molecule has 1 aromatic heterocycles. The van der Waals surface area contributed by atoms with E-state index in [0.717, 1.165) is 24.8 Å². The van der Waals surface area contributed by atoms with Gasteiger partial charge in [0.1, 0.15) is 11.6 Å². The van der Waals surface area contributed by atoms with Gasteiger partial charge in [0.15, 0.2) is 0 Å². The lowest BCUT2D eigenvalue weighted by atomic mass is 9.87. The molecule has 0 bridgehead atoms. The first-order valence-electron chi connectivity index (χ1n) is 9.92. The molecule has 0 aliphatic heterocycles. The van der Waals surface area contributed by atoms with Gasteiger partial charge in [-0.2, -0.15) is 0 Å². The molecule has 1 amide bonds. The SMILES string of the molecule is CN(C(=O)CSc1n[nH]c(/C=C/c2ccc(F)cc2)n1)C1CCCc2ccccc21. The van der Waals surface area contributed by atoms with E-state index in [1.54, 1.807) is 18.2 Å². The lowest BCUT2D eigenvalue weighted by molar-refractivity contribution is -0.129. The van der Waals surface area contributed by atoms with Gasteiger partial charge in [0, 0.05) is 7.05 Å². The van der Waals surface area contributed by atoms with Gasteiger partial charge >= 0.3 is 0 Å². The van der Waals surface area contributed by atoms with E-state index >= 15 is 0 Å². The van der Waals surface area contributed by atoms with Crippen LogP contribution in [0.15, 0.2) is 53.7 Å². The molecule has 2 aromatic carbocycles. The van der Waals surface area contributed by atoms with Crippen molar-refractivity contribution in [1.29, 1.82) is 0 Å². The van der Waals surface area contributed by atoms with E-state index in [-0.39, 0.29) is 23.5 Å². The van der Waals surface area contributed by atoms with Crippen LogP contribution in [-0.4, -0.2) is 38.8 Å². The van der Waals surface area contributed by atoms with Crippen LogP contribution in [0.1, 0.15) is 41.4 Å². The number of aromatic amines is 1. The molecule has 1 atom stereocenters. The summed E-state index contributed by atoms with van der Waals surface area (Å²) in [5.74, 6) is 0.671. The predicted molar refractivity (Wildman–Crippen MR) is 117 cm³/mol. The number of aryl methyl sites for hydroxylation is 1. The minimum Gasteiger partial charge on any atom is -0.338 e. The van der Waals surface area contributed by atoms with Gasteiger partial charge in [0.25, 0.3) is 0 Å². The number of nitrogens with zero attached hydrogens (tertiary/aromatic N) is 3. The summed E-state index contributed by atoms with van der Waals surface area (Å²) in [6.07, 6.45) is 6.76. The highest BCUT2D eigenvalue weighted by Gasteiger charge is 2.26. The fourth-order valence-electron chi connectivity index (χ4n) is 3.68. The molecule has 1 aliphatic rings. The van der Waals surface area contributed by atoms with Gasteiger partial charge in [0.2, 0.25) is 11.1 Å². The maximum atomic E-state index is 13.0. The second kappa shape index (κ2) is 9.26. The highest BCUT2D eigenvalue weighted by atomic mass is 32.2. The Hall–Kier alpha value is -2.93. The average Bonchev–Trinajstić information content (AvgIpc) is 3.24.